The van der Waals surface area contributed by atoms with E-state index in [2.05, 4.69) is 0 Å². The Balaban J connectivity index is 1.52. The van der Waals surface area contributed by atoms with Crippen LogP contribution in [0.5, 0.6) is 11.5 Å². The largest absolute Gasteiger partial charge is 0.451 e. The Labute approximate surface area is 143 Å². The van der Waals surface area contributed by atoms with Gasteiger partial charge in [-0.2, -0.15) is 0 Å². The van der Waals surface area contributed by atoms with E-state index in [0.29, 0.717) is 18.4 Å². The molecule has 126 valence electrons. The fourth-order valence-electron chi connectivity index (χ4n) is 4.66. The van der Waals surface area contributed by atoms with Crippen LogP contribution in [0.4, 0.5) is 0 Å². The Hall–Kier alpha value is -2.37. The standard InChI is InChI=1S/C20H16O5/c21-16-11-6-3-9-20(15(11)17(22)19-18(16)23-19)24-12-7-1-4-10-5-2-8-13(25-20)14(10)12/h1-2,4-8,15,17-19,22H,3,9H2/t15-,17-,18+,19-/m0/s1. The number of epoxide rings is 1. The lowest BCUT2D eigenvalue weighted by molar-refractivity contribution is -0.187. The Morgan fingerprint density at radius 2 is 1.80 bits per heavy atom. The van der Waals surface area contributed by atoms with E-state index in [9.17, 15) is 9.90 Å². The van der Waals surface area contributed by atoms with Crippen molar-refractivity contribution in [3.63, 3.8) is 0 Å². The minimum absolute atomic E-state index is 0.0383. The van der Waals surface area contributed by atoms with Gasteiger partial charge in [0.25, 0.3) is 5.79 Å². The van der Waals surface area contributed by atoms with Crippen LogP contribution in [0.3, 0.4) is 0 Å². The number of ether oxygens (including phenoxy) is 3. The van der Waals surface area contributed by atoms with Crippen molar-refractivity contribution in [2.75, 3.05) is 0 Å². The number of carbonyl (C=O) groups excluding carboxylic acids is 1. The monoisotopic (exact) mass is 336 g/mol. The van der Waals surface area contributed by atoms with Gasteiger partial charge in [-0.1, -0.05) is 30.3 Å². The molecule has 0 radical (unpaired) electrons. The SMILES string of the molecule is O=C1C2=CCCC3(Oc4cccc5cccc(c45)O3)[C@@H]2[C@H](O)[C@@H]2O[C@H]12. The lowest BCUT2D eigenvalue weighted by Gasteiger charge is -2.48. The molecule has 6 rings (SSSR count). The van der Waals surface area contributed by atoms with E-state index >= 15 is 0 Å². The summed E-state index contributed by atoms with van der Waals surface area (Å²) < 4.78 is 18.1. The first-order valence-electron chi connectivity index (χ1n) is 8.65. The Morgan fingerprint density at radius 1 is 1.08 bits per heavy atom. The number of rotatable bonds is 0. The summed E-state index contributed by atoms with van der Waals surface area (Å²) in [7, 11) is 0. The van der Waals surface area contributed by atoms with E-state index in [1.165, 1.54) is 0 Å². The Morgan fingerprint density at radius 3 is 2.52 bits per heavy atom. The van der Waals surface area contributed by atoms with Crippen LogP contribution >= 0.6 is 0 Å². The topological polar surface area (TPSA) is 68.3 Å². The molecule has 2 aliphatic heterocycles. The Bertz CT molecular complexity index is 921. The molecule has 2 heterocycles. The highest BCUT2D eigenvalue weighted by molar-refractivity contribution is 6.03. The van der Waals surface area contributed by atoms with Gasteiger partial charge in [-0.05, 0) is 23.9 Å². The molecule has 1 spiro atoms. The molecular weight excluding hydrogens is 320 g/mol. The van der Waals surface area contributed by atoms with Crippen LogP contribution in [0.15, 0.2) is 48.0 Å². The van der Waals surface area contributed by atoms with Gasteiger partial charge in [0.1, 0.15) is 23.7 Å². The molecule has 0 unspecified atom stereocenters. The predicted molar refractivity (Wildman–Crippen MR) is 88.4 cm³/mol. The summed E-state index contributed by atoms with van der Waals surface area (Å²) in [5.74, 6) is -0.179. The van der Waals surface area contributed by atoms with Crippen LogP contribution in [0.2, 0.25) is 0 Å². The zero-order chi connectivity index (χ0) is 16.8. The zero-order valence-corrected chi connectivity index (χ0v) is 13.3. The molecule has 25 heavy (non-hydrogen) atoms. The van der Waals surface area contributed by atoms with Crippen LogP contribution in [-0.2, 0) is 9.53 Å². The van der Waals surface area contributed by atoms with Crippen LogP contribution in [-0.4, -0.2) is 35.0 Å². The van der Waals surface area contributed by atoms with Crippen molar-refractivity contribution < 1.29 is 24.1 Å². The van der Waals surface area contributed by atoms with Crippen LogP contribution in [0.1, 0.15) is 12.8 Å². The second-order valence-electron chi connectivity index (χ2n) is 7.18. The van der Waals surface area contributed by atoms with Crippen LogP contribution in [0, 0.1) is 5.92 Å². The van der Waals surface area contributed by atoms with Gasteiger partial charge in [-0.3, -0.25) is 4.79 Å². The number of Topliss-reactive ketones (excluding diaryl/α,β-unsaturated/α-hetero) is 1. The third-order valence-electron chi connectivity index (χ3n) is 5.81. The first kappa shape index (κ1) is 13.9. The van der Waals surface area contributed by atoms with Crippen molar-refractivity contribution in [2.45, 2.75) is 36.9 Å². The third-order valence-corrected chi connectivity index (χ3v) is 5.81. The highest BCUT2D eigenvalue weighted by Gasteiger charge is 2.66. The molecule has 4 aliphatic rings. The number of fused-ring (bicyclic) bond motifs is 3. The van der Waals surface area contributed by atoms with Crippen molar-refractivity contribution in [3.05, 3.63) is 48.0 Å². The summed E-state index contributed by atoms with van der Waals surface area (Å²) in [5, 5.41) is 12.8. The molecule has 2 fully saturated rings. The molecule has 2 aromatic rings. The summed E-state index contributed by atoms with van der Waals surface area (Å²) in [4.78, 5) is 12.6. The average Bonchev–Trinajstić information content (AvgIpc) is 3.41. The maximum atomic E-state index is 12.6. The van der Waals surface area contributed by atoms with Gasteiger partial charge in [0.15, 0.2) is 5.78 Å². The maximum absolute atomic E-state index is 12.6. The number of ketones is 1. The predicted octanol–water partition coefficient (Wildman–Crippen LogP) is 2.35. The molecule has 2 aromatic carbocycles. The first-order chi connectivity index (χ1) is 12.2. The molecule has 5 nitrogen and oxygen atoms in total. The van der Waals surface area contributed by atoms with Gasteiger partial charge in [-0.25, -0.2) is 0 Å². The second-order valence-corrected chi connectivity index (χ2v) is 7.18. The fourth-order valence-corrected chi connectivity index (χ4v) is 4.66. The lowest BCUT2D eigenvalue weighted by Crippen LogP contribution is -2.60. The van der Waals surface area contributed by atoms with Gasteiger partial charge >= 0.3 is 0 Å². The average molecular weight is 336 g/mol. The van der Waals surface area contributed by atoms with E-state index in [-0.39, 0.29) is 5.78 Å². The molecule has 5 heteroatoms. The van der Waals surface area contributed by atoms with Gasteiger partial charge in [0, 0.05) is 12.0 Å². The molecule has 0 aromatic heterocycles. The number of hydrogen-bond donors (Lipinski definition) is 1. The summed E-state index contributed by atoms with van der Waals surface area (Å²) in [6.07, 6.45) is 1.41. The van der Waals surface area contributed by atoms with Crippen LogP contribution in [0.25, 0.3) is 10.8 Å². The summed E-state index contributed by atoms with van der Waals surface area (Å²) >= 11 is 0. The van der Waals surface area contributed by atoms with E-state index in [1.54, 1.807) is 0 Å². The zero-order valence-electron chi connectivity index (χ0n) is 13.3. The Kier molecular flexibility index (Phi) is 2.45. The second kappa shape index (κ2) is 4.42. The molecule has 1 saturated carbocycles. The number of carbonyl (C=O) groups is 1. The van der Waals surface area contributed by atoms with Crippen LogP contribution < -0.4 is 9.47 Å². The molecule has 2 aliphatic carbocycles. The molecular formula is C20H16O5. The number of allylic oxidation sites excluding steroid dienone is 1. The summed E-state index contributed by atoms with van der Waals surface area (Å²) in [6.45, 7) is 0. The van der Waals surface area contributed by atoms with Gasteiger partial charge < -0.3 is 19.3 Å². The van der Waals surface area contributed by atoms with Crippen molar-refractivity contribution in [3.8, 4) is 11.5 Å². The van der Waals surface area contributed by atoms with Crippen molar-refractivity contribution >= 4 is 16.6 Å². The number of aliphatic hydroxyl groups excluding tert-OH is 1. The number of benzene rings is 2. The van der Waals surface area contributed by atoms with E-state index in [0.717, 1.165) is 22.3 Å². The smallest absolute Gasteiger partial charge is 0.261 e. The first-order valence-corrected chi connectivity index (χ1v) is 8.65. The van der Waals surface area contributed by atoms with E-state index < -0.39 is 30.0 Å². The molecule has 1 N–H and O–H groups in total. The highest BCUT2D eigenvalue weighted by atomic mass is 16.7. The molecule has 1 saturated heterocycles. The normalized spacial score (nSPS) is 33.8. The number of aliphatic hydroxyl groups is 1. The molecule has 4 atom stereocenters. The molecule has 0 bridgehead atoms. The highest BCUT2D eigenvalue weighted by Crippen LogP contribution is 2.53. The van der Waals surface area contributed by atoms with E-state index in [1.807, 2.05) is 42.5 Å². The molecule has 0 amide bonds. The third kappa shape index (κ3) is 1.67. The maximum Gasteiger partial charge on any atom is 0.261 e. The van der Waals surface area contributed by atoms with E-state index in [4.69, 9.17) is 14.2 Å². The summed E-state index contributed by atoms with van der Waals surface area (Å²) in [5.41, 5.74) is 0.587. The van der Waals surface area contributed by atoms with Crippen molar-refractivity contribution in [1.82, 2.24) is 0 Å². The van der Waals surface area contributed by atoms with Gasteiger partial charge in [-0.15, -0.1) is 0 Å². The minimum atomic E-state index is -1.07. The van der Waals surface area contributed by atoms with Gasteiger partial charge in [0.05, 0.1) is 17.4 Å². The quantitative estimate of drug-likeness (QED) is 0.748. The van der Waals surface area contributed by atoms with Crippen molar-refractivity contribution in [2.24, 2.45) is 5.92 Å². The number of hydrogen-bond acceptors (Lipinski definition) is 5. The van der Waals surface area contributed by atoms with Crippen molar-refractivity contribution in [1.29, 1.82) is 0 Å². The fraction of sp³-hybridized carbons (Fsp3) is 0.350. The summed E-state index contributed by atoms with van der Waals surface area (Å²) in [6, 6.07) is 11.8. The van der Waals surface area contributed by atoms with Gasteiger partial charge in [0.2, 0.25) is 0 Å². The lowest BCUT2D eigenvalue weighted by atomic mass is 9.71. The minimum Gasteiger partial charge on any atom is -0.451 e.